The molecule has 0 aliphatic rings. The van der Waals surface area contributed by atoms with Crippen molar-refractivity contribution >= 4 is 16.9 Å². The molecular formula is C25H22N2O5. The van der Waals surface area contributed by atoms with Crippen LogP contribution in [0.25, 0.3) is 27.7 Å². The van der Waals surface area contributed by atoms with Gasteiger partial charge in [0.05, 0.1) is 49.2 Å². The van der Waals surface area contributed by atoms with E-state index in [0.717, 1.165) is 5.56 Å². The van der Waals surface area contributed by atoms with E-state index < -0.39 is 5.97 Å². The number of nitrogens with zero attached hydrogens (tertiary/aromatic N) is 2. The Labute approximate surface area is 184 Å². The number of aryl methyl sites for hydroxylation is 1. The fourth-order valence-electron chi connectivity index (χ4n) is 3.82. The number of carbonyl (C=O) groups excluding carboxylic acids is 1. The highest BCUT2D eigenvalue weighted by molar-refractivity contribution is 6.07. The summed E-state index contributed by atoms with van der Waals surface area (Å²) in [4.78, 5) is 31.1. The predicted molar refractivity (Wildman–Crippen MR) is 122 cm³/mol. The highest BCUT2D eigenvalue weighted by atomic mass is 16.5. The van der Waals surface area contributed by atoms with Gasteiger partial charge in [-0.25, -0.2) is 4.79 Å². The fourth-order valence-corrected chi connectivity index (χ4v) is 3.82. The molecule has 0 spiro atoms. The molecule has 0 saturated heterocycles. The number of pyridine rings is 2. The second-order valence-electron chi connectivity index (χ2n) is 7.09. The molecule has 2 aromatic carbocycles. The third-order valence-electron chi connectivity index (χ3n) is 5.32. The first-order valence-electron chi connectivity index (χ1n) is 9.92. The first-order valence-corrected chi connectivity index (χ1v) is 9.92. The number of rotatable bonds is 5. The molecule has 4 aromatic rings. The van der Waals surface area contributed by atoms with Crippen molar-refractivity contribution < 1.29 is 19.0 Å². The fraction of sp³-hybridized carbons (Fsp3) is 0.160. The van der Waals surface area contributed by atoms with Crippen LogP contribution in [-0.4, -0.2) is 36.8 Å². The van der Waals surface area contributed by atoms with Crippen LogP contribution in [0.1, 0.15) is 16.1 Å². The molecule has 162 valence electrons. The van der Waals surface area contributed by atoms with E-state index in [0.29, 0.717) is 39.3 Å². The number of carbonyl (C=O) groups is 1. The number of hydrogen-bond acceptors (Lipinski definition) is 6. The zero-order valence-corrected chi connectivity index (χ0v) is 18.2. The Kier molecular flexibility index (Phi) is 5.64. The Hall–Kier alpha value is -4.13. The lowest BCUT2D eigenvalue weighted by Crippen LogP contribution is -2.21. The van der Waals surface area contributed by atoms with Gasteiger partial charge in [-0.05, 0) is 30.7 Å². The van der Waals surface area contributed by atoms with Crippen molar-refractivity contribution in [3.63, 3.8) is 0 Å². The van der Waals surface area contributed by atoms with Crippen molar-refractivity contribution in [1.82, 2.24) is 9.55 Å². The van der Waals surface area contributed by atoms with Crippen molar-refractivity contribution in [2.75, 3.05) is 21.3 Å². The van der Waals surface area contributed by atoms with Gasteiger partial charge in [-0.2, -0.15) is 0 Å². The zero-order valence-electron chi connectivity index (χ0n) is 18.2. The van der Waals surface area contributed by atoms with E-state index in [1.165, 1.54) is 18.8 Å². The minimum atomic E-state index is -0.551. The number of ether oxygens (including phenoxy) is 3. The molecule has 0 aliphatic carbocycles. The second kappa shape index (κ2) is 8.55. The van der Waals surface area contributed by atoms with Crippen LogP contribution in [0.2, 0.25) is 0 Å². The summed E-state index contributed by atoms with van der Waals surface area (Å²) < 4.78 is 17.3. The number of methoxy groups -OCH3 is 3. The standard InChI is InChI=1S/C25H22N2O5/c1-15-21(25(29)32-4)22(16-8-6-5-7-9-16)23-18(26-15)12-13-27(24(23)28)19-14-17(30-2)10-11-20(19)31-3/h5-14H,1-4H3. The van der Waals surface area contributed by atoms with E-state index in [1.54, 1.807) is 44.5 Å². The number of fused-ring (bicyclic) bond motifs is 1. The minimum Gasteiger partial charge on any atom is -0.497 e. The van der Waals surface area contributed by atoms with E-state index >= 15 is 0 Å². The van der Waals surface area contributed by atoms with Crippen LogP contribution in [0.15, 0.2) is 65.6 Å². The Bertz CT molecular complexity index is 1380. The highest BCUT2D eigenvalue weighted by Gasteiger charge is 2.24. The van der Waals surface area contributed by atoms with Gasteiger partial charge in [0, 0.05) is 17.8 Å². The van der Waals surface area contributed by atoms with Gasteiger partial charge in [0.25, 0.3) is 5.56 Å². The van der Waals surface area contributed by atoms with Gasteiger partial charge < -0.3 is 14.2 Å². The van der Waals surface area contributed by atoms with Crippen molar-refractivity contribution in [2.24, 2.45) is 0 Å². The summed E-state index contributed by atoms with van der Waals surface area (Å²) >= 11 is 0. The summed E-state index contributed by atoms with van der Waals surface area (Å²) in [6, 6.07) is 16.2. The average molecular weight is 430 g/mol. The molecule has 0 bridgehead atoms. The molecular weight excluding hydrogens is 408 g/mol. The van der Waals surface area contributed by atoms with Crippen LogP contribution in [0.5, 0.6) is 11.5 Å². The summed E-state index contributed by atoms with van der Waals surface area (Å²) in [5.41, 5.74) is 2.61. The molecule has 32 heavy (non-hydrogen) atoms. The molecule has 0 aliphatic heterocycles. The molecule has 2 aromatic heterocycles. The van der Waals surface area contributed by atoms with Crippen molar-refractivity contribution in [3.05, 3.63) is 82.4 Å². The molecule has 0 saturated carbocycles. The minimum absolute atomic E-state index is 0.263. The van der Waals surface area contributed by atoms with E-state index in [2.05, 4.69) is 4.98 Å². The van der Waals surface area contributed by atoms with Crippen LogP contribution < -0.4 is 15.0 Å². The Morgan fingerprint density at radius 3 is 2.38 bits per heavy atom. The summed E-state index contributed by atoms with van der Waals surface area (Å²) in [5.74, 6) is 0.527. The van der Waals surface area contributed by atoms with Crippen molar-refractivity contribution in [1.29, 1.82) is 0 Å². The second-order valence-corrected chi connectivity index (χ2v) is 7.09. The number of aromatic nitrogens is 2. The molecule has 0 atom stereocenters. The molecule has 7 nitrogen and oxygen atoms in total. The lowest BCUT2D eigenvalue weighted by atomic mass is 9.95. The highest BCUT2D eigenvalue weighted by Crippen LogP contribution is 2.33. The van der Waals surface area contributed by atoms with Crippen molar-refractivity contribution in [3.8, 4) is 28.3 Å². The van der Waals surface area contributed by atoms with Gasteiger partial charge in [-0.15, -0.1) is 0 Å². The van der Waals surface area contributed by atoms with Crippen molar-refractivity contribution in [2.45, 2.75) is 6.92 Å². The normalized spacial score (nSPS) is 10.8. The summed E-state index contributed by atoms with van der Waals surface area (Å²) in [6.45, 7) is 1.73. The zero-order chi connectivity index (χ0) is 22.8. The van der Waals surface area contributed by atoms with E-state index in [4.69, 9.17) is 14.2 Å². The van der Waals surface area contributed by atoms with Gasteiger partial charge in [-0.3, -0.25) is 14.3 Å². The first-order chi connectivity index (χ1) is 15.5. The quantitative estimate of drug-likeness (QED) is 0.442. The molecule has 0 N–H and O–H groups in total. The van der Waals surface area contributed by atoms with Crippen LogP contribution in [0.3, 0.4) is 0 Å². The van der Waals surface area contributed by atoms with Gasteiger partial charge in [-0.1, -0.05) is 30.3 Å². The summed E-state index contributed by atoms with van der Waals surface area (Å²) in [7, 11) is 4.40. The number of hydrogen-bond donors (Lipinski definition) is 0. The third-order valence-corrected chi connectivity index (χ3v) is 5.32. The molecule has 7 heteroatoms. The molecule has 2 heterocycles. The molecule has 0 amide bonds. The summed E-state index contributed by atoms with van der Waals surface area (Å²) in [6.07, 6.45) is 1.64. The van der Waals surface area contributed by atoms with E-state index in [-0.39, 0.29) is 11.1 Å². The average Bonchev–Trinajstić information content (AvgIpc) is 2.83. The SMILES string of the molecule is COC(=O)c1c(C)nc2ccn(-c3cc(OC)ccc3OC)c(=O)c2c1-c1ccccc1. The monoisotopic (exact) mass is 430 g/mol. The lowest BCUT2D eigenvalue weighted by molar-refractivity contribution is 0.0600. The number of esters is 1. The Morgan fingerprint density at radius 1 is 0.969 bits per heavy atom. The smallest absolute Gasteiger partial charge is 0.340 e. The largest absolute Gasteiger partial charge is 0.497 e. The molecule has 4 rings (SSSR count). The molecule has 0 unspecified atom stereocenters. The maximum Gasteiger partial charge on any atom is 0.340 e. The van der Waals surface area contributed by atoms with Gasteiger partial charge >= 0.3 is 5.97 Å². The van der Waals surface area contributed by atoms with Crippen LogP contribution in [0, 0.1) is 6.92 Å². The maximum atomic E-state index is 13.8. The van der Waals surface area contributed by atoms with Gasteiger partial charge in [0.2, 0.25) is 0 Å². The molecule has 0 fully saturated rings. The van der Waals surface area contributed by atoms with Gasteiger partial charge in [0.15, 0.2) is 0 Å². The van der Waals surface area contributed by atoms with Crippen LogP contribution >= 0.6 is 0 Å². The topological polar surface area (TPSA) is 79.7 Å². The maximum absolute atomic E-state index is 13.8. The Balaban J connectivity index is 2.15. The predicted octanol–water partition coefficient (Wildman–Crippen LogP) is 4.16. The van der Waals surface area contributed by atoms with E-state index in [9.17, 15) is 9.59 Å². The van der Waals surface area contributed by atoms with Crippen LogP contribution in [0.4, 0.5) is 0 Å². The summed E-state index contributed by atoms with van der Waals surface area (Å²) in [5, 5.41) is 0.314. The molecule has 0 radical (unpaired) electrons. The van der Waals surface area contributed by atoms with Crippen LogP contribution in [-0.2, 0) is 4.74 Å². The lowest BCUT2D eigenvalue weighted by Gasteiger charge is -2.17. The Morgan fingerprint density at radius 2 is 1.72 bits per heavy atom. The first kappa shape index (κ1) is 21.1. The van der Waals surface area contributed by atoms with E-state index in [1.807, 2.05) is 30.3 Å². The van der Waals surface area contributed by atoms with Gasteiger partial charge in [0.1, 0.15) is 11.5 Å². The third kappa shape index (κ3) is 3.47. The number of benzene rings is 2.